The van der Waals surface area contributed by atoms with Crippen molar-refractivity contribution in [2.75, 3.05) is 30.4 Å². The van der Waals surface area contributed by atoms with Crippen molar-refractivity contribution < 1.29 is 24.2 Å². The molecule has 0 atom stereocenters. The van der Waals surface area contributed by atoms with Crippen molar-refractivity contribution in [2.24, 2.45) is 5.73 Å². The lowest BCUT2D eigenvalue weighted by molar-refractivity contribution is -0.119. The van der Waals surface area contributed by atoms with Crippen LogP contribution in [-0.2, 0) is 9.53 Å². The Hall–Kier alpha value is -3.39. The first kappa shape index (κ1) is 18.9. The molecule has 0 heterocycles. The molecule has 136 valence electrons. The predicted octanol–water partition coefficient (Wildman–Crippen LogP) is 0.985. The lowest BCUT2D eigenvalue weighted by atomic mass is 10.2. The van der Waals surface area contributed by atoms with Gasteiger partial charge in [-0.3, -0.25) is 9.59 Å². The highest BCUT2D eigenvalue weighted by molar-refractivity contribution is 5.99. The van der Waals surface area contributed by atoms with E-state index in [0.717, 1.165) is 0 Å². The van der Waals surface area contributed by atoms with Crippen molar-refractivity contribution in [3.05, 3.63) is 59.7 Å². The molecular formula is C18H19N3O5. The smallest absolute Gasteiger partial charge is 0.340 e. The summed E-state index contributed by atoms with van der Waals surface area (Å²) >= 11 is 0. The molecule has 0 aliphatic carbocycles. The minimum atomic E-state index is -0.662. The third-order valence-electron chi connectivity index (χ3n) is 3.36. The van der Waals surface area contributed by atoms with Crippen LogP contribution in [0.1, 0.15) is 20.7 Å². The molecule has 2 aromatic carbocycles. The second-order valence-corrected chi connectivity index (χ2v) is 5.26. The van der Waals surface area contributed by atoms with Crippen LogP contribution in [0.5, 0.6) is 0 Å². The van der Waals surface area contributed by atoms with Gasteiger partial charge in [-0.15, -0.1) is 0 Å². The summed E-state index contributed by atoms with van der Waals surface area (Å²) in [5.74, 6) is -1.75. The fourth-order valence-electron chi connectivity index (χ4n) is 2.13. The summed E-state index contributed by atoms with van der Waals surface area (Å²) in [6.45, 7) is -0.267. The van der Waals surface area contributed by atoms with E-state index in [2.05, 4.69) is 10.6 Å². The second-order valence-electron chi connectivity index (χ2n) is 5.26. The maximum atomic E-state index is 12.1. The van der Waals surface area contributed by atoms with E-state index in [-0.39, 0.29) is 18.7 Å². The van der Waals surface area contributed by atoms with Crippen LogP contribution in [0.25, 0.3) is 0 Å². The van der Waals surface area contributed by atoms with Gasteiger partial charge >= 0.3 is 5.97 Å². The summed E-state index contributed by atoms with van der Waals surface area (Å²) in [4.78, 5) is 35.0. The highest BCUT2D eigenvalue weighted by Crippen LogP contribution is 2.16. The van der Waals surface area contributed by atoms with E-state index in [0.29, 0.717) is 16.9 Å². The molecule has 2 aromatic rings. The molecule has 0 aliphatic rings. The Bertz CT molecular complexity index is 790. The molecule has 2 rings (SSSR count). The molecular weight excluding hydrogens is 338 g/mol. The topological polar surface area (TPSA) is 131 Å². The standard InChI is InChI=1S/C18H19N3O5/c19-17(24)12-5-7-13(8-6-12)21-16(23)11-26-18(25)14-3-1-2-4-15(14)20-9-10-22/h1-8,20,22H,9-11H2,(H2,19,24)(H,21,23). The Morgan fingerprint density at radius 1 is 1.04 bits per heavy atom. The molecule has 0 saturated carbocycles. The Kier molecular flexibility index (Phi) is 6.69. The van der Waals surface area contributed by atoms with Crippen LogP contribution in [0.3, 0.4) is 0 Å². The van der Waals surface area contributed by atoms with E-state index in [1.165, 1.54) is 24.3 Å². The summed E-state index contributed by atoms with van der Waals surface area (Å²) in [5.41, 5.74) is 6.68. The molecule has 8 heteroatoms. The first-order chi connectivity index (χ1) is 12.5. The number of carbonyl (C=O) groups is 3. The van der Waals surface area contributed by atoms with Gasteiger partial charge in [0.25, 0.3) is 5.91 Å². The third kappa shape index (κ3) is 5.32. The fourth-order valence-corrected chi connectivity index (χ4v) is 2.13. The Morgan fingerprint density at radius 3 is 2.38 bits per heavy atom. The number of benzene rings is 2. The van der Waals surface area contributed by atoms with Gasteiger partial charge in [0.05, 0.1) is 12.2 Å². The van der Waals surface area contributed by atoms with Crippen molar-refractivity contribution in [3.63, 3.8) is 0 Å². The zero-order chi connectivity index (χ0) is 18.9. The van der Waals surface area contributed by atoms with Crippen LogP contribution < -0.4 is 16.4 Å². The third-order valence-corrected chi connectivity index (χ3v) is 3.36. The number of para-hydroxylation sites is 1. The molecule has 0 radical (unpaired) electrons. The van der Waals surface area contributed by atoms with Crippen molar-refractivity contribution in [1.29, 1.82) is 0 Å². The number of rotatable bonds is 8. The zero-order valence-electron chi connectivity index (χ0n) is 13.9. The summed E-state index contributed by atoms with van der Waals surface area (Å²) in [7, 11) is 0. The van der Waals surface area contributed by atoms with E-state index in [1.807, 2.05) is 0 Å². The normalized spacial score (nSPS) is 10.0. The van der Waals surface area contributed by atoms with Crippen LogP contribution in [0, 0.1) is 0 Å². The molecule has 2 amide bonds. The number of primary amides is 1. The lowest BCUT2D eigenvalue weighted by Gasteiger charge is -2.11. The largest absolute Gasteiger partial charge is 0.452 e. The minimum absolute atomic E-state index is 0.0830. The van der Waals surface area contributed by atoms with Gasteiger partial charge in [0.15, 0.2) is 6.61 Å². The molecule has 5 N–H and O–H groups in total. The van der Waals surface area contributed by atoms with Crippen molar-refractivity contribution in [1.82, 2.24) is 0 Å². The fraction of sp³-hybridized carbons (Fsp3) is 0.167. The number of esters is 1. The van der Waals surface area contributed by atoms with Gasteiger partial charge in [-0.25, -0.2) is 4.79 Å². The van der Waals surface area contributed by atoms with Crippen LogP contribution in [0.2, 0.25) is 0 Å². The molecule has 0 spiro atoms. The number of nitrogens with one attached hydrogen (secondary N) is 2. The Labute approximate surface area is 150 Å². The lowest BCUT2D eigenvalue weighted by Crippen LogP contribution is -2.21. The van der Waals surface area contributed by atoms with Crippen molar-refractivity contribution in [2.45, 2.75) is 0 Å². The Morgan fingerprint density at radius 2 is 1.73 bits per heavy atom. The zero-order valence-corrected chi connectivity index (χ0v) is 13.9. The van der Waals surface area contributed by atoms with Crippen LogP contribution in [0.15, 0.2) is 48.5 Å². The highest BCUT2D eigenvalue weighted by Gasteiger charge is 2.14. The van der Waals surface area contributed by atoms with Gasteiger partial charge in [-0.2, -0.15) is 0 Å². The van der Waals surface area contributed by atoms with Gasteiger partial charge in [0.1, 0.15) is 0 Å². The van der Waals surface area contributed by atoms with E-state index in [1.54, 1.807) is 24.3 Å². The van der Waals surface area contributed by atoms with E-state index >= 15 is 0 Å². The number of nitrogens with two attached hydrogens (primary N) is 1. The van der Waals surface area contributed by atoms with Crippen molar-refractivity contribution >= 4 is 29.2 Å². The first-order valence-corrected chi connectivity index (χ1v) is 7.82. The summed E-state index contributed by atoms with van der Waals surface area (Å²) < 4.78 is 5.02. The van der Waals surface area contributed by atoms with Crippen LogP contribution in [-0.4, -0.2) is 42.6 Å². The number of aliphatic hydroxyl groups excluding tert-OH is 1. The quantitative estimate of drug-likeness (QED) is 0.521. The van der Waals surface area contributed by atoms with Gasteiger partial charge in [0, 0.05) is 23.5 Å². The highest BCUT2D eigenvalue weighted by atomic mass is 16.5. The van der Waals surface area contributed by atoms with Crippen molar-refractivity contribution in [3.8, 4) is 0 Å². The number of hydrogen-bond donors (Lipinski definition) is 4. The monoisotopic (exact) mass is 357 g/mol. The number of hydrogen-bond acceptors (Lipinski definition) is 6. The molecule has 0 aliphatic heterocycles. The van der Waals surface area contributed by atoms with E-state index in [4.69, 9.17) is 15.6 Å². The number of anilines is 2. The average molecular weight is 357 g/mol. The van der Waals surface area contributed by atoms with Gasteiger partial charge < -0.3 is 26.2 Å². The number of ether oxygens (including phenoxy) is 1. The number of aliphatic hydroxyl groups is 1. The average Bonchev–Trinajstić information content (AvgIpc) is 2.65. The molecule has 26 heavy (non-hydrogen) atoms. The molecule has 0 bridgehead atoms. The molecule has 8 nitrogen and oxygen atoms in total. The predicted molar refractivity (Wildman–Crippen MR) is 95.9 cm³/mol. The van der Waals surface area contributed by atoms with E-state index < -0.39 is 24.4 Å². The van der Waals surface area contributed by atoms with Crippen LogP contribution in [0.4, 0.5) is 11.4 Å². The SMILES string of the molecule is NC(=O)c1ccc(NC(=O)COC(=O)c2ccccc2NCCO)cc1. The number of carbonyl (C=O) groups excluding carboxylic acids is 3. The molecule has 0 saturated heterocycles. The maximum absolute atomic E-state index is 12.1. The summed E-state index contributed by atoms with van der Waals surface area (Å²) in [6.07, 6.45) is 0. The summed E-state index contributed by atoms with van der Waals surface area (Å²) in [6, 6.07) is 12.6. The Balaban J connectivity index is 1.90. The van der Waals surface area contributed by atoms with Gasteiger partial charge in [-0.05, 0) is 36.4 Å². The van der Waals surface area contributed by atoms with E-state index in [9.17, 15) is 14.4 Å². The van der Waals surface area contributed by atoms with Gasteiger partial charge in [0.2, 0.25) is 5.91 Å². The minimum Gasteiger partial charge on any atom is -0.452 e. The van der Waals surface area contributed by atoms with Crippen LogP contribution >= 0.6 is 0 Å². The number of amides is 2. The summed E-state index contributed by atoms with van der Waals surface area (Å²) in [5, 5.41) is 14.3. The first-order valence-electron chi connectivity index (χ1n) is 7.82. The molecule has 0 aromatic heterocycles. The second kappa shape index (κ2) is 9.19. The molecule has 0 unspecified atom stereocenters. The molecule has 0 fully saturated rings. The maximum Gasteiger partial charge on any atom is 0.340 e. The van der Waals surface area contributed by atoms with Gasteiger partial charge in [-0.1, -0.05) is 12.1 Å².